The summed E-state index contributed by atoms with van der Waals surface area (Å²) in [5.41, 5.74) is 2.71. The van der Waals surface area contributed by atoms with Crippen molar-refractivity contribution < 1.29 is 28.5 Å². The van der Waals surface area contributed by atoms with E-state index in [-0.39, 0.29) is 5.91 Å². The van der Waals surface area contributed by atoms with Crippen LogP contribution >= 0.6 is 0 Å². The van der Waals surface area contributed by atoms with Gasteiger partial charge >= 0.3 is 6.09 Å². The zero-order chi connectivity index (χ0) is 21.0. The molecule has 2 amide bonds. The van der Waals surface area contributed by atoms with Crippen LogP contribution in [0.5, 0.6) is 17.2 Å². The summed E-state index contributed by atoms with van der Waals surface area (Å²) in [5, 5.41) is 2.88. The number of benzene rings is 2. The number of methoxy groups -OCH3 is 4. The molecule has 8 heteroatoms. The summed E-state index contributed by atoms with van der Waals surface area (Å²) in [6, 6.07) is 8.71. The van der Waals surface area contributed by atoms with E-state index in [1.54, 1.807) is 23.1 Å². The van der Waals surface area contributed by atoms with Crippen molar-refractivity contribution in [1.29, 1.82) is 0 Å². The van der Waals surface area contributed by atoms with Gasteiger partial charge in [-0.3, -0.25) is 9.69 Å². The molecule has 0 fully saturated rings. The Labute approximate surface area is 169 Å². The van der Waals surface area contributed by atoms with Gasteiger partial charge in [-0.15, -0.1) is 0 Å². The molecule has 8 nitrogen and oxygen atoms in total. The molecule has 29 heavy (non-hydrogen) atoms. The third-order valence-electron chi connectivity index (χ3n) is 4.80. The molecule has 1 heterocycles. The monoisotopic (exact) mass is 400 g/mol. The van der Waals surface area contributed by atoms with Crippen molar-refractivity contribution in [2.75, 3.05) is 45.2 Å². The molecule has 0 saturated carbocycles. The van der Waals surface area contributed by atoms with Crippen LogP contribution < -0.4 is 24.4 Å². The summed E-state index contributed by atoms with van der Waals surface area (Å²) >= 11 is 0. The van der Waals surface area contributed by atoms with Crippen molar-refractivity contribution in [2.24, 2.45) is 0 Å². The number of carbonyl (C=O) groups is 2. The first kappa shape index (κ1) is 20.3. The highest BCUT2D eigenvalue weighted by Gasteiger charge is 2.24. The zero-order valence-corrected chi connectivity index (χ0v) is 16.9. The van der Waals surface area contributed by atoms with Gasteiger partial charge in [-0.05, 0) is 48.7 Å². The molecule has 0 aromatic heterocycles. The summed E-state index contributed by atoms with van der Waals surface area (Å²) < 4.78 is 20.8. The van der Waals surface area contributed by atoms with Gasteiger partial charge in [0.1, 0.15) is 0 Å². The number of nitrogens with zero attached hydrogens (tertiary/aromatic N) is 1. The second-order valence-corrected chi connectivity index (χ2v) is 6.40. The van der Waals surface area contributed by atoms with Crippen molar-refractivity contribution in [3.63, 3.8) is 0 Å². The Kier molecular flexibility index (Phi) is 6.11. The first-order valence-corrected chi connectivity index (χ1v) is 9.12. The van der Waals surface area contributed by atoms with Crippen LogP contribution in [0.25, 0.3) is 0 Å². The Morgan fingerprint density at radius 2 is 1.72 bits per heavy atom. The van der Waals surface area contributed by atoms with Gasteiger partial charge in [0.25, 0.3) is 5.91 Å². The van der Waals surface area contributed by atoms with Crippen molar-refractivity contribution in [2.45, 2.75) is 12.8 Å². The maximum Gasteiger partial charge on any atom is 0.414 e. The smallest absolute Gasteiger partial charge is 0.414 e. The van der Waals surface area contributed by atoms with E-state index < -0.39 is 6.09 Å². The normalized spacial score (nSPS) is 12.6. The molecule has 1 aliphatic heterocycles. The Balaban J connectivity index is 1.88. The maximum absolute atomic E-state index is 12.9. The molecule has 0 bridgehead atoms. The molecule has 0 aliphatic carbocycles. The number of nitrogens with one attached hydrogen (secondary N) is 1. The standard InChI is InChI=1S/C21H24N2O6/c1-26-17-10-8-15(18(27-2)19(17)28-3)20(24)22-14-7-9-16-13(12-14)6-5-11-23(16)21(25)29-4/h7-10,12H,5-6,11H2,1-4H3,(H,22,24). The van der Waals surface area contributed by atoms with Crippen LogP contribution in [-0.2, 0) is 11.2 Å². The number of anilines is 2. The highest BCUT2D eigenvalue weighted by Crippen LogP contribution is 2.40. The first-order valence-electron chi connectivity index (χ1n) is 9.12. The predicted octanol–water partition coefficient (Wildman–Crippen LogP) is 3.48. The van der Waals surface area contributed by atoms with Gasteiger partial charge in [-0.1, -0.05) is 0 Å². The van der Waals surface area contributed by atoms with Gasteiger partial charge < -0.3 is 24.3 Å². The van der Waals surface area contributed by atoms with Gasteiger partial charge in [0.2, 0.25) is 5.75 Å². The molecule has 0 radical (unpaired) electrons. The van der Waals surface area contributed by atoms with Crippen LogP contribution in [0.2, 0.25) is 0 Å². The minimum Gasteiger partial charge on any atom is -0.493 e. The first-order chi connectivity index (χ1) is 14.0. The molecule has 1 aliphatic rings. The fourth-order valence-corrected chi connectivity index (χ4v) is 3.45. The van der Waals surface area contributed by atoms with Crippen LogP contribution in [0.4, 0.5) is 16.2 Å². The minimum absolute atomic E-state index is 0.291. The number of hydrogen-bond acceptors (Lipinski definition) is 6. The van der Waals surface area contributed by atoms with Crippen molar-refractivity contribution in [1.82, 2.24) is 0 Å². The molecule has 154 valence electrons. The van der Waals surface area contributed by atoms with E-state index in [0.717, 1.165) is 24.1 Å². The lowest BCUT2D eigenvalue weighted by Gasteiger charge is -2.28. The van der Waals surface area contributed by atoms with Crippen LogP contribution in [-0.4, -0.2) is 47.0 Å². The third-order valence-corrected chi connectivity index (χ3v) is 4.80. The van der Waals surface area contributed by atoms with E-state index >= 15 is 0 Å². The Morgan fingerprint density at radius 3 is 2.38 bits per heavy atom. The third kappa shape index (κ3) is 3.91. The summed E-state index contributed by atoms with van der Waals surface area (Å²) in [5.74, 6) is 0.766. The number of amides is 2. The Bertz CT molecular complexity index is 928. The van der Waals surface area contributed by atoms with Crippen LogP contribution in [0, 0.1) is 0 Å². The molecule has 0 saturated heterocycles. The zero-order valence-electron chi connectivity index (χ0n) is 16.9. The predicted molar refractivity (Wildman–Crippen MR) is 109 cm³/mol. The van der Waals surface area contributed by atoms with Crippen molar-refractivity contribution in [3.8, 4) is 17.2 Å². The van der Waals surface area contributed by atoms with Crippen LogP contribution in [0.1, 0.15) is 22.3 Å². The molecule has 3 rings (SSSR count). The number of fused-ring (bicyclic) bond motifs is 1. The lowest BCUT2D eigenvalue weighted by molar-refractivity contribution is 0.102. The van der Waals surface area contributed by atoms with Gasteiger partial charge in [0.05, 0.1) is 39.7 Å². The molecule has 1 N–H and O–H groups in total. The maximum atomic E-state index is 12.9. The minimum atomic E-state index is -0.391. The van der Waals surface area contributed by atoms with Gasteiger partial charge in [-0.25, -0.2) is 4.79 Å². The van der Waals surface area contributed by atoms with E-state index in [2.05, 4.69) is 5.32 Å². The van der Waals surface area contributed by atoms with Crippen LogP contribution in [0.3, 0.4) is 0 Å². The lowest BCUT2D eigenvalue weighted by atomic mass is 10.0. The second-order valence-electron chi connectivity index (χ2n) is 6.40. The lowest BCUT2D eigenvalue weighted by Crippen LogP contribution is -2.35. The molecule has 0 atom stereocenters. The number of aryl methyl sites for hydroxylation is 1. The highest BCUT2D eigenvalue weighted by molar-refractivity contribution is 6.07. The molecule has 2 aromatic rings. The molecular formula is C21H24N2O6. The quantitative estimate of drug-likeness (QED) is 0.827. The number of rotatable bonds is 5. The average molecular weight is 400 g/mol. The van der Waals surface area contributed by atoms with Crippen LogP contribution in [0.15, 0.2) is 30.3 Å². The van der Waals surface area contributed by atoms with Crippen molar-refractivity contribution >= 4 is 23.4 Å². The highest BCUT2D eigenvalue weighted by atomic mass is 16.5. The average Bonchev–Trinajstić information content (AvgIpc) is 2.76. The molecular weight excluding hydrogens is 376 g/mol. The van der Waals surface area contributed by atoms with E-state index in [1.165, 1.54) is 28.4 Å². The number of hydrogen-bond donors (Lipinski definition) is 1. The molecule has 0 unspecified atom stereocenters. The molecule has 2 aromatic carbocycles. The van der Waals surface area contributed by atoms with E-state index in [0.29, 0.717) is 35.0 Å². The van der Waals surface area contributed by atoms with E-state index in [4.69, 9.17) is 18.9 Å². The van der Waals surface area contributed by atoms with E-state index in [9.17, 15) is 9.59 Å². The largest absolute Gasteiger partial charge is 0.493 e. The number of ether oxygens (including phenoxy) is 4. The number of carbonyl (C=O) groups excluding carboxylic acids is 2. The SMILES string of the molecule is COC(=O)N1CCCc2cc(NC(=O)c3ccc(OC)c(OC)c3OC)ccc21. The van der Waals surface area contributed by atoms with Gasteiger partial charge in [0.15, 0.2) is 11.5 Å². The topological polar surface area (TPSA) is 86.3 Å². The summed E-state index contributed by atoms with van der Waals surface area (Å²) in [6.07, 6.45) is 1.24. The second kappa shape index (κ2) is 8.72. The molecule has 0 spiro atoms. The van der Waals surface area contributed by atoms with E-state index in [1.807, 2.05) is 12.1 Å². The summed E-state index contributed by atoms with van der Waals surface area (Å²) in [6.45, 7) is 0.605. The summed E-state index contributed by atoms with van der Waals surface area (Å²) in [4.78, 5) is 26.4. The Morgan fingerprint density at radius 1 is 0.966 bits per heavy atom. The Hall–Kier alpha value is -3.42. The van der Waals surface area contributed by atoms with Crippen molar-refractivity contribution in [3.05, 3.63) is 41.5 Å². The fraction of sp³-hybridized carbons (Fsp3) is 0.333. The fourth-order valence-electron chi connectivity index (χ4n) is 3.45. The van der Waals surface area contributed by atoms with Gasteiger partial charge in [0, 0.05) is 12.2 Å². The van der Waals surface area contributed by atoms with Gasteiger partial charge in [-0.2, -0.15) is 0 Å². The summed E-state index contributed by atoms with van der Waals surface area (Å²) in [7, 11) is 5.83.